The molecule has 0 bridgehead atoms. The summed E-state index contributed by atoms with van der Waals surface area (Å²) in [6, 6.07) is 85.0. The van der Waals surface area contributed by atoms with Gasteiger partial charge in [0, 0.05) is 22.3 Å². The summed E-state index contributed by atoms with van der Waals surface area (Å²) in [5.41, 5.74) is 16.6. The highest BCUT2D eigenvalue weighted by molar-refractivity contribution is 6.11. The summed E-state index contributed by atoms with van der Waals surface area (Å²) in [5.74, 6) is 0. The number of hydrogen-bond acceptors (Lipinski definition) is 1. The average molecular weight is 752 g/mol. The minimum absolute atomic E-state index is 0.527. The molecule has 59 heavy (non-hydrogen) atoms. The van der Waals surface area contributed by atoms with Crippen molar-refractivity contribution < 1.29 is 0 Å². The smallest absolute Gasteiger partial charge is 0.0714 e. The molecular weight excluding hydrogens is 711 g/mol. The Hall–Kier alpha value is -7.48. The highest BCUT2D eigenvalue weighted by atomic mass is 15.1. The molecule has 0 unspecified atom stereocenters. The van der Waals surface area contributed by atoms with Gasteiger partial charge >= 0.3 is 0 Å². The number of anilines is 3. The zero-order chi connectivity index (χ0) is 39.3. The molecule has 0 heterocycles. The van der Waals surface area contributed by atoms with Crippen LogP contribution in [-0.2, 0) is 5.41 Å². The Bertz CT molecular complexity index is 3120. The standard InChI is InChI=1S/C58H41N/c1-40-18-16-26-47(38-40)59(46-36-34-42(35-37-46)49-28-12-13-30-51(49)52-32-17-21-41-19-8-10-27-48(41)52)57-50-29-11-9-20-43(50)39-55-56(57)53-31-14-15-33-54(53)58(55,44-22-4-2-5-23-44)45-24-6-3-7-25-45/h2-39H,1H3. The summed E-state index contributed by atoms with van der Waals surface area (Å²) < 4.78 is 0. The number of nitrogens with zero attached hydrogens (tertiary/aromatic N) is 1. The Kier molecular flexibility index (Phi) is 8.34. The molecule has 0 fully saturated rings. The van der Waals surface area contributed by atoms with E-state index in [1.165, 1.54) is 88.4 Å². The largest absolute Gasteiger partial charge is 0.309 e. The van der Waals surface area contributed by atoms with Gasteiger partial charge in [0.1, 0.15) is 0 Å². The molecule has 0 saturated heterocycles. The molecule has 1 aliphatic rings. The Morgan fingerprint density at radius 1 is 0.356 bits per heavy atom. The second-order valence-corrected chi connectivity index (χ2v) is 15.7. The van der Waals surface area contributed by atoms with Crippen molar-refractivity contribution in [2.24, 2.45) is 0 Å². The summed E-state index contributed by atoms with van der Waals surface area (Å²) in [7, 11) is 0. The number of aryl methyl sites for hydroxylation is 1. The molecule has 0 spiro atoms. The molecule has 0 atom stereocenters. The Morgan fingerprint density at radius 3 is 1.64 bits per heavy atom. The molecule has 0 aromatic heterocycles. The summed E-state index contributed by atoms with van der Waals surface area (Å²) in [6.45, 7) is 2.19. The third-order valence-electron chi connectivity index (χ3n) is 12.4. The molecular formula is C58H41N. The van der Waals surface area contributed by atoms with Gasteiger partial charge in [-0.1, -0.05) is 200 Å². The number of rotatable bonds is 7. The molecule has 0 N–H and O–H groups in total. The van der Waals surface area contributed by atoms with Crippen LogP contribution in [0.1, 0.15) is 27.8 Å². The van der Waals surface area contributed by atoms with Crippen LogP contribution in [0, 0.1) is 6.92 Å². The minimum atomic E-state index is -0.527. The highest BCUT2D eigenvalue weighted by Gasteiger charge is 2.48. The van der Waals surface area contributed by atoms with Gasteiger partial charge in [-0.3, -0.25) is 0 Å². The van der Waals surface area contributed by atoms with Crippen LogP contribution in [0.25, 0.3) is 54.9 Å². The van der Waals surface area contributed by atoms with Gasteiger partial charge in [-0.15, -0.1) is 0 Å². The lowest BCUT2D eigenvalue weighted by atomic mass is 9.67. The maximum absolute atomic E-state index is 2.51. The maximum atomic E-state index is 2.51. The minimum Gasteiger partial charge on any atom is -0.309 e. The Labute approximate surface area is 346 Å². The van der Waals surface area contributed by atoms with Gasteiger partial charge in [-0.2, -0.15) is 0 Å². The van der Waals surface area contributed by atoms with E-state index in [0.29, 0.717) is 0 Å². The van der Waals surface area contributed by atoms with Gasteiger partial charge in [-0.25, -0.2) is 0 Å². The molecule has 1 nitrogen and oxygen atoms in total. The predicted molar refractivity (Wildman–Crippen MR) is 249 cm³/mol. The van der Waals surface area contributed by atoms with Gasteiger partial charge in [-0.05, 0) is 109 Å². The van der Waals surface area contributed by atoms with E-state index in [1.54, 1.807) is 0 Å². The van der Waals surface area contributed by atoms with Crippen LogP contribution in [0.5, 0.6) is 0 Å². The van der Waals surface area contributed by atoms with E-state index >= 15 is 0 Å². The van der Waals surface area contributed by atoms with E-state index in [4.69, 9.17) is 0 Å². The van der Waals surface area contributed by atoms with Crippen LogP contribution in [0.4, 0.5) is 17.1 Å². The fraction of sp³-hybridized carbons (Fsp3) is 0.0345. The number of benzene rings is 10. The van der Waals surface area contributed by atoms with Gasteiger partial charge in [0.05, 0.1) is 11.1 Å². The summed E-state index contributed by atoms with van der Waals surface area (Å²) >= 11 is 0. The first kappa shape index (κ1) is 34.7. The molecule has 278 valence electrons. The molecule has 0 radical (unpaired) electrons. The molecule has 1 heteroatoms. The first-order chi connectivity index (χ1) is 29.2. The van der Waals surface area contributed by atoms with Gasteiger partial charge < -0.3 is 4.90 Å². The summed E-state index contributed by atoms with van der Waals surface area (Å²) in [5, 5.41) is 4.93. The normalized spacial score (nSPS) is 12.6. The number of hydrogen-bond donors (Lipinski definition) is 0. The average Bonchev–Trinajstić information content (AvgIpc) is 3.60. The molecule has 11 rings (SSSR count). The van der Waals surface area contributed by atoms with Crippen molar-refractivity contribution in [3.8, 4) is 33.4 Å². The van der Waals surface area contributed by atoms with Crippen LogP contribution in [0.2, 0.25) is 0 Å². The third-order valence-corrected chi connectivity index (χ3v) is 12.4. The quantitative estimate of drug-likeness (QED) is 0.157. The lowest BCUT2D eigenvalue weighted by Crippen LogP contribution is -2.28. The Balaban J connectivity index is 1.18. The zero-order valence-corrected chi connectivity index (χ0v) is 32.9. The van der Waals surface area contributed by atoms with E-state index in [9.17, 15) is 0 Å². The van der Waals surface area contributed by atoms with Crippen LogP contribution >= 0.6 is 0 Å². The van der Waals surface area contributed by atoms with Crippen molar-refractivity contribution >= 4 is 38.6 Å². The monoisotopic (exact) mass is 751 g/mol. The van der Waals surface area contributed by atoms with Crippen molar-refractivity contribution in [1.82, 2.24) is 0 Å². The van der Waals surface area contributed by atoms with Crippen molar-refractivity contribution in [2.75, 3.05) is 4.90 Å². The molecule has 0 saturated carbocycles. The maximum Gasteiger partial charge on any atom is 0.0714 e. The topological polar surface area (TPSA) is 3.24 Å². The van der Waals surface area contributed by atoms with Crippen LogP contribution in [-0.4, -0.2) is 0 Å². The van der Waals surface area contributed by atoms with Gasteiger partial charge in [0.25, 0.3) is 0 Å². The fourth-order valence-electron chi connectivity index (χ4n) is 9.86. The fourth-order valence-corrected chi connectivity index (χ4v) is 9.86. The molecule has 1 aliphatic carbocycles. The predicted octanol–water partition coefficient (Wildman–Crippen LogP) is 15.5. The highest BCUT2D eigenvalue weighted by Crippen LogP contribution is 2.61. The van der Waals surface area contributed by atoms with Crippen LogP contribution < -0.4 is 4.90 Å². The second kappa shape index (κ2) is 14.2. The van der Waals surface area contributed by atoms with E-state index in [-0.39, 0.29) is 0 Å². The van der Waals surface area contributed by atoms with E-state index in [2.05, 4.69) is 242 Å². The molecule has 10 aromatic carbocycles. The lowest BCUT2D eigenvalue weighted by Gasteiger charge is -2.35. The molecule has 10 aromatic rings. The second-order valence-electron chi connectivity index (χ2n) is 15.7. The van der Waals surface area contributed by atoms with Gasteiger partial charge in [0.2, 0.25) is 0 Å². The molecule has 0 aliphatic heterocycles. The van der Waals surface area contributed by atoms with Crippen molar-refractivity contribution in [3.63, 3.8) is 0 Å². The summed E-state index contributed by atoms with van der Waals surface area (Å²) in [6.07, 6.45) is 0. The van der Waals surface area contributed by atoms with Crippen molar-refractivity contribution in [3.05, 3.63) is 258 Å². The Morgan fingerprint density at radius 2 is 0.915 bits per heavy atom. The van der Waals surface area contributed by atoms with E-state index in [1.807, 2.05) is 0 Å². The zero-order valence-electron chi connectivity index (χ0n) is 32.9. The lowest BCUT2D eigenvalue weighted by molar-refractivity contribution is 0.769. The van der Waals surface area contributed by atoms with Crippen molar-refractivity contribution in [2.45, 2.75) is 12.3 Å². The van der Waals surface area contributed by atoms with Crippen LogP contribution in [0.15, 0.2) is 231 Å². The van der Waals surface area contributed by atoms with Gasteiger partial charge in [0.15, 0.2) is 0 Å². The van der Waals surface area contributed by atoms with Crippen molar-refractivity contribution in [1.29, 1.82) is 0 Å². The molecule has 0 amide bonds. The van der Waals surface area contributed by atoms with E-state index in [0.717, 1.165) is 11.4 Å². The van der Waals surface area contributed by atoms with Crippen LogP contribution in [0.3, 0.4) is 0 Å². The SMILES string of the molecule is Cc1cccc(N(c2ccc(-c3ccccc3-c3cccc4ccccc34)cc2)c2c3c(cc4ccccc24)C(c2ccccc2)(c2ccccc2)c2ccccc2-3)c1. The third kappa shape index (κ3) is 5.54. The summed E-state index contributed by atoms with van der Waals surface area (Å²) in [4.78, 5) is 2.51. The number of fused-ring (bicyclic) bond motifs is 5. The van der Waals surface area contributed by atoms with E-state index < -0.39 is 5.41 Å². The first-order valence-corrected chi connectivity index (χ1v) is 20.5. The first-order valence-electron chi connectivity index (χ1n) is 20.5.